The number of aryl methyl sites for hydroxylation is 1. The minimum atomic E-state index is -3.49. The summed E-state index contributed by atoms with van der Waals surface area (Å²) in [6.07, 6.45) is 2.35. The third-order valence-corrected chi connectivity index (χ3v) is 5.50. The van der Waals surface area contributed by atoms with Crippen LogP contribution in [0.3, 0.4) is 0 Å². The van der Waals surface area contributed by atoms with Crippen molar-refractivity contribution in [1.29, 1.82) is 0 Å². The average Bonchev–Trinajstić information content (AvgIpc) is 2.76. The Bertz CT molecular complexity index is 511. The van der Waals surface area contributed by atoms with Gasteiger partial charge in [0, 0.05) is 20.1 Å². The summed E-state index contributed by atoms with van der Waals surface area (Å²) in [5.74, 6) is 0.0155. The van der Waals surface area contributed by atoms with Crippen LogP contribution in [0.2, 0.25) is 0 Å². The summed E-state index contributed by atoms with van der Waals surface area (Å²) in [4.78, 5) is 0. The first-order valence-corrected chi connectivity index (χ1v) is 7.57. The Morgan fingerprint density at radius 2 is 2.28 bits per heavy atom. The van der Waals surface area contributed by atoms with Crippen molar-refractivity contribution < 1.29 is 13.5 Å². The molecular weight excluding hydrogens is 254 g/mol. The van der Waals surface area contributed by atoms with E-state index in [1.807, 2.05) is 6.92 Å². The molecule has 1 aliphatic rings. The van der Waals surface area contributed by atoms with Gasteiger partial charge in [-0.15, -0.1) is 0 Å². The van der Waals surface area contributed by atoms with Gasteiger partial charge in [-0.3, -0.25) is 4.68 Å². The summed E-state index contributed by atoms with van der Waals surface area (Å²) in [5.41, 5.74) is 0. The van der Waals surface area contributed by atoms with E-state index in [0.29, 0.717) is 19.5 Å². The monoisotopic (exact) mass is 273 g/mol. The third-order valence-electron chi connectivity index (χ3n) is 3.56. The zero-order valence-corrected chi connectivity index (χ0v) is 11.5. The molecule has 1 aromatic heterocycles. The summed E-state index contributed by atoms with van der Waals surface area (Å²) < 4.78 is 27.7. The van der Waals surface area contributed by atoms with E-state index < -0.39 is 16.1 Å². The van der Waals surface area contributed by atoms with E-state index >= 15 is 0 Å². The molecule has 1 N–H and O–H groups in total. The van der Waals surface area contributed by atoms with E-state index in [1.165, 1.54) is 21.3 Å². The molecule has 6 nitrogen and oxygen atoms in total. The van der Waals surface area contributed by atoms with E-state index in [0.717, 1.165) is 6.42 Å². The second-order valence-corrected chi connectivity index (χ2v) is 6.57. The number of hydrogen-bond acceptors (Lipinski definition) is 4. The second-order valence-electron chi connectivity index (χ2n) is 4.68. The van der Waals surface area contributed by atoms with Crippen molar-refractivity contribution in [1.82, 2.24) is 14.1 Å². The van der Waals surface area contributed by atoms with Crippen LogP contribution >= 0.6 is 0 Å². The van der Waals surface area contributed by atoms with Crippen LogP contribution in [0.25, 0.3) is 0 Å². The lowest BCUT2D eigenvalue weighted by Gasteiger charge is -2.34. The highest BCUT2D eigenvalue weighted by Crippen LogP contribution is 2.25. The topological polar surface area (TPSA) is 75.4 Å². The van der Waals surface area contributed by atoms with Gasteiger partial charge in [0.15, 0.2) is 5.03 Å². The Balaban J connectivity index is 2.24. The molecule has 7 heteroatoms. The van der Waals surface area contributed by atoms with E-state index in [1.54, 1.807) is 7.05 Å². The number of aliphatic hydroxyl groups excluding tert-OH is 1. The molecule has 0 bridgehead atoms. The molecule has 1 fully saturated rings. The normalized spacial score (nSPS) is 26.4. The minimum absolute atomic E-state index is 0.0155. The first-order chi connectivity index (χ1) is 8.46. The quantitative estimate of drug-likeness (QED) is 0.853. The van der Waals surface area contributed by atoms with Gasteiger partial charge in [0.1, 0.15) is 0 Å². The van der Waals surface area contributed by atoms with Gasteiger partial charge in [-0.1, -0.05) is 6.92 Å². The van der Waals surface area contributed by atoms with Crippen LogP contribution in [-0.2, 0) is 17.1 Å². The molecule has 0 aliphatic carbocycles. The zero-order valence-electron chi connectivity index (χ0n) is 10.7. The average molecular weight is 273 g/mol. The van der Waals surface area contributed by atoms with Crippen molar-refractivity contribution in [2.75, 3.05) is 13.1 Å². The van der Waals surface area contributed by atoms with Gasteiger partial charge in [0.2, 0.25) is 0 Å². The Hall–Kier alpha value is -0.920. The van der Waals surface area contributed by atoms with Gasteiger partial charge in [-0.25, -0.2) is 8.42 Å². The van der Waals surface area contributed by atoms with Crippen LogP contribution in [0, 0.1) is 5.92 Å². The Morgan fingerprint density at radius 1 is 1.56 bits per heavy atom. The molecule has 0 radical (unpaired) electrons. The number of rotatable bonds is 3. The van der Waals surface area contributed by atoms with E-state index in [9.17, 15) is 13.5 Å². The molecule has 2 rings (SSSR count). The van der Waals surface area contributed by atoms with Crippen LogP contribution in [0.5, 0.6) is 0 Å². The van der Waals surface area contributed by atoms with Gasteiger partial charge in [0.25, 0.3) is 10.0 Å². The maximum atomic E-state index is 12.4. The Kier molecular flexibility index (Phi) is 3.74. The number of hydrogen-bond donors (Lipinski definition) is 1. The molecule has 0 saturated carbocycles. The van der Waals surface area contributed by atoms with Crippen LogP contribution in [0.4, 0.5) is 0 Å². The number of piperidine rings is 1. The SMILES string of the molecule is CCC1CN(S(=O)(=O)c2ccnn2C)CCC1O. The number of aliphatic hydroxyl groups is 1. The summed E-state index contributed by atoms with van der Waals surface area (Å²) in [6.45, 7) is 2.71. The molecule has 0 spiro atoms. The molecule has 1 aromatic rings. The number of aromatic nitrogens is 2. The zero-order chi connectivity index (χ0) is 13.3. The number of sulfonamides is 1. The van der Waals surface area contributed by atoms with E-state index in [-0.39, 0.29) is 10.9 Å². The van der Waals surface area contributed by atoms with Crippen molar-refractivity contribution >= 4 is 10.0 Å². The van der Waals surface area contributed by atoms with Crippen molar-refractivity contribution in [2.24, 2.45) is 13.0 Å². The molecule has 1 aliphatic heterocycles. The van der Waals surface area contributed by atoms with Crippen molar-refractivity contribution in [2.45, 2.75) is 30.9 Å². The van der Waals surface area contributed by atoms with E-state index in [4.69, 9.17) is 0 Å². The first kappa shape index (κ1) is 13.5. The van der Waals surface area contributed by atoms with Crippen LogP contribution in [-0.4, -0.2) is 46.8 Å². The molecule has 2 heterocycles. The molecule has 18 heavy (non-hydrogen) atoms. The summed E-state index contributed by atoms with van der Waals surface area (Å²) in [5, 5.41) is 13.9. The van der Waals surface area contributed by atoms with Gasteiger partial charge in [-0.05, 0) is 24.8 Å². The molecule has 1 saturated heterocycles. The fraction of sp³-hybridized carbons (Fsp3) is 0.727. The maximum Gasteiger partial charge on any atom is 0.260 e. The number of nitrogens with zero attached hydrogens (tertiary/aromatic N) is 3. The highest BCUT2D eigenvalue weighted by Gasteiger charge is 2.35. The van der Waals surface area contributed by atoms with Gasteiger partial charge in [-0.2, -0.15) is 9.40 Å². The van der Waals surface area contributed by atoms with Gasteiger partial charge >= 0.3 is 0 Å². The predicted molar refractivity (Wildman–Crippen MR) is 66.4 cm³/mol. The highest BCUT2D eigenvalue weighted by atomic mass is 32.2. The fourth-order valence-electron chi connectivity index (χ4n) is 2.35. The lowest BCUT2D eigenvalue weighted by atomic mass is 9.94. The predicted octanol–water partition coefficient (Wildman–Crippen LogP) is 0.202. The van der Waals surface area contributed by atoms with E-state index in [2.05, 4.69) is 5.10 Å². The Morgan fingerprint density at radius 3 is 2.83 bits per heavy atom. The van der Waals surface area contributed by atoms with Crippen LogP contribution in [0.15, 0.2) is 17.3 Å². The minimum Gasteiger partial charge on any atom is -0.393 e. The van der Waals surface area contributed by atoms with Crippen LogP contribution in [0.1, 0.15) is 19.8 Å². The Labute approximate surface area is 107 Å². The maximum absolute atomic E-state index is 12.4. The summed E-state index contributed by atoms with van der Waals surface area (Å²) in [7, 11) is -1.88. The second kappa shape index (κ2) is 4.99. The van der Waals surface area contributed by atoms with Gasteiger partial charge in [0.05, 0.1) is 12.3 Å². The standard InChI is InChI=1S/C11H19N3O3S/c1-3-9-8-14(7-5-10(9)15)18(16,17)11-4-6-12-13(11)2/h4,6,9-10,15H,3,5,7-8H2,1-2H3. The van der Waals surface area contributed by atoms with Gasteiger partial charge < -0.3 is 5.11 Å². The molecule has 102 valence electrons. The van der Waals surface area contributed by atoms with Crippen molar-refractivity contribution in [3.05, 3.63) is 12.3 Å². The highest BCUT2D eigenvalue weighted by molar-refractivity contribution is 7.89. The molecule has 2 atom stereocenters. The molecule has 0 amide bonds. The smallest absolute Gasteiger partial charge is 0.260 e. The molecular formula is C11H19N3O3S. The largest absolute Gasteiger partial charge is 0.393 e. The first-order valence-electron chi connectivity index (χ1n) is 6.13. The van der Waals surface area contributed by atoms with Crippen LogP contribution < -0.4 is 0 Å². The molecule has 0 aromatic carbocycles. The van der Waals surface area contributed by atoms with Crippen molar-refractivity contribution in [3.8, 4) is 0 Å². The summed E-state index contributed by atoms with van der Waals surface area (Å²) >= 11 is 0. The lowest BCUT2D eigenvalue weighted by molar-refractivity contribution is 0.0519. The third kappa shape index (κ3) is 2.30. The molecule has 2 unspecified atom stereocenters. The summed E-state index contributed by atoms with van der Waals surface area (Å²) in [6, 6.07) is 1.50. The fourth-order valence-corrected chi connectivity index (χ4v) is 3.96. The van der Waals surface area contributed by atoms with Crippen molar-refractivity contribution in [3.63, 3.8) is 0 Å². The lowest BCUT2D eigenvalue weighted by Crippen LogP contribution is -2.46.